The van der Waals surface area contributed by atoms with E-state index >= 15 is 0 Å². The molecule has 0 fully saturated rings. The van der Waals surface area contributed by atoms with Crippen molar-refractivity contribution in [2.24, 2.45) is 0 Å². The monoisotopic (exact) mass is 285 g/mol. The third-order valence-electron chi connectivity index (χ3n) is 3.05. The predicted molar refractivity (Wildman–Crippen MR) is 79.3 cm³/mol. The summed E-state index contributed by atoms with van der Waals surface area (Å²) < 4.78 is 5.28. The van der Waals surface area contributed by atoms with Crippen LogP contribution in [0.25, 0.3) is 22.8 Å². The highest BCUT2D eigenvalue weighted by Crippen LogP contribution is 2.25. The van der Waals surface area contributed by atoms with Crippen LogP contribution in [0.1, 0.15) is 5.56 Å². The molecule has 3 rings (SSSR count). The minimum absolute atomic E-state index is 0.446. The highest BCUT2D eigenvalue weighted by molar-refractivity contribution is 6.30. The standard InChI is InChI=1S/C15H12ClN3O/c1-9-2-3-11(8-13(9)17)15-18-14(19-20-15)10-4-6-12(16)7-5-10/h2-8H,17H2,1H3. The Morgan fingerprint density at radius 2 is 1.75 bits per heavy atom. The average Bonchev–Trinajstić information content (AvgIpc) is 2.92. The number of aromatic nitrogens is 2. The van der Waals surface area contributed by atoms with Crippen molar-refractivity contribution in [2.45, 2.75) is 6.92 Å². The Hall–Kier alpha value is -2.33. The maximum Gasteiger partial charge on any atom is 0.258 e. The third kappa shape index (κ3) is 2.38. The van der Waals surface area contributed by atoms with Gasteiger partial charge in [-0.1, -0.05) is 22.8 Å². The van der Waals surface area contributed by atoms with Gasteiger partial charge in [-0.15, -0.1) is 0 Å². The molecule has 0 atom stereocenters. The van der Waals surface area contributed by atoms with E-state index in [0.717, 1.165) is 16.7 Å². The molecule has 0 aliphatic heterocycles. The van der Waals surface area contributed by atoms with E-state index in [1.807, 2.05) is 37.3 Å². The Labute approximate surface area is 121 Å². The molecule has 3 aromatic rings. The fourth-order valence-corrected chi connectivity index (χ4v) is 1.96. The zero-order valence-corrected chi connectivity index (χ0v) is 11.6. The van der Waals surface area contributed by atoms with Gasteiger partial charge in [-0.3, -0.25) is 0 Å². The number of rotatable bonds is 2. The lowest BCUT2D eigenvalue weighted by Crippen LogP contribution is -1.90. The minimum atomic E-state index is 0.446. The largest absolute Gasteiger partial charge is 0.398 e. The van der Waals surface area contributed by atoms with Crippen molar-refractivity contribution in [3.8, 4) is 22.8 Å². The van der Waals surface area contributed by atoms with Gasteiger partial charge in [-0.25, -0.2) is 0 Å². The lowest BCUT2D eigenvalue weighted by atomic mass is 10.1. The molecular weight excluding hydrogens is 274 g/mol. The lowest BCUT2D eigenvalue weighted by Gasteiger charge is -2.00. The molecule has 0 amide bonds. The smallest absolute Gasteiger partial charge is 0.258 e. The molecule has 0 bridgehead atoms. The fourth-order valence-electron chi connectivity index (χ4n) is 1.83. The van der Waals surface area contributed by atoms with Crippen molar-refractivity contribution in [3.63, 3.8) is 0 Å². The molecule has 1 aromatic heterocycles. The molecule has 20 heavy (non-hydrogen) atoms. The predicted octanol–water partition coefficient (Wildman–Crippen LogP) is 3.95. The fraction of sp³-hybridized carbons (Fsp3) is 0.0667. The van der Waals surface area contributed by atoms with Crippen LogP contribution in [0.3, 0.4) is 0 Å². The van der Waals surface area contributed by atoms with Gasteiger partial charge in [-0.2, -0.15) is 4.98 Å². The summed E-state index contributed by atoms with van der Waals surface area (Å²) in [5.41, 5.74) is 9.27. The first-order valence-electron chi connectivity index (χ1n) is 6.09. The Morgan fingerprint density at radius 1 is 1.05 bits per heavy atom. The van der Waals surface area contributed by atoms with E-state index in [-0.39, 0.29) is 0 Å². The quantitative estimate of drug-likeness (QED) is 0.724. The van der Waals surface area contributed by atoms with E-state index in [4.69, 9.17) is 21.9 Å². The van der Waals surface area contributed by atoms with Crippen LogP contribution in [0.5, 0.6) is 0 Å². The van der Waals surface area contributed by atoms with Crippen LogP contribution in [-0.4, -0.2) is 10.1 Å². The lowest BCUT2D eigenvalue weighted by molar-refractivity contribution is 0.432. The molecule has 2 N–H and O–H groups in total. The van der Waals surface area contributed by atoms with Crippen LogP contribution in [0, 0.1) is 6.92 Å². The molecule has 0 radical (unpaired) electrons. The molecule has 4 nitrogen and oxygen atoms in total. The third-order valence-corrected chi connectivity index (χ3v) is 3.31. The van der Waals surface area contributed by atoms with E-state index in [1.54, 1.807) is 12.1 Å². The number of nitrogen functional groups attached to an aromatic ring is 1. The normalized spacial score (nSPS) is 10.7. The number of nitrogens with two attached hydrogens (primary N) is 1. The number of hydrogen-bond acceptors (Lipinski definition) is 4. The topological polar surface area (TPSA) is 64.9 Å². The molecule has 5 heteroatoms. The van der Waals surface area contributed by atoms with E-state index in [0.29, 0.717) is 22.4 Å². The van der Waals surface area contributed by atoms with Gasteiger partial charge in [0.2, 0.25) is 5.82 Å². The highest BCUT2D eigenvalue weighted by Gasteiger charge is 2.11. The van der Waals surface area contributed by atoms with Crippen molar-refractivity contribution in [1.82, 2.24) is 10.1 Å². The maximum atomic E-state index is 5.89. The molecule has 0 aliphatic rings. The van der Waals surface area contributed by atoms with Crippen molar-refractivity contribution < 1.29 is 4.52 Å². The number of hydrogen-bond donors (Lipinski definition) is 1. The van der Waals surface area contributed by atoms with Crippen molar-refractivity contribution in [2.75, 3.05) is 5.73 Å². The Bertz CT molecular complexity index is 750. The average molecular weight is 286 g/mol. The van der Waals surface area contributed by atoms with Gasteiger partial charge in [0.1, 0.15) is 0 Å². The summed E-state index contributed by atoms with van der Waals surface area (Å²) in [6.45, 7) is 1.95. The first-order chi connectivity index (χ1) is 9.63. The molecule has 0 saturated heterocycles. The number of aryl methyl sites for hydroxylation is 1. The minimum Gasteiger partial charge on any atom is -0.398 e. The number of benzene rings is 2. The summed E-state index contributed by atoms with van der Waals surface area (Å²) in [5, 5.41) is 4.64. The summed E-state index contributed by atoms with van der Waals surface area (Å²) >= 11 is 5.85. The zero-order chi connectivity index (χ0) is 14.1. The molecule has 0 unspecified atom stereocenters. The summed E-state index contributed by atoms with van der Waals surface area (Å²) in [6.07, 6.45) is 0. The van der Waals surface area contributed by atoms with Crippen molar-refractivity contribution in [3.05, 3.63) is 53.1 Å². The second kappa shape index (κ2) is 4.98. The zero-order valence-electron chi connectivity index (χ0n) is 10.8. The van der Waals surface area contributed by atoms with E-state index in [1.165, 1.54) is 0 Å². The van der Waals surface area contributed by atoms with Crippen molar-refractivity contribution in [1.29, 1.82) is 0 Å². The van der Waals surface area contributed by atoms with Crippen molar-refractivity contribution >= 4 is 17.3 Å². The van der Waals surface area contributed by atoms with Crippen LogP contribution in [0.4, 0.5) is 5.69 Å². The second-order valence-electron chi connectivity index (χ2n) is 4.50. The van der Waals surface area contributed by atoms with Gasteiger partial charge in [0, 0.05) is 21.8 Å². The van der Waals surface area contributed by atoms with Gasteiger partial charge in [-0.05, 0) is 48.9 Å². The second-order valence-corrected chi connectivity index (χ2v) is 4.94. The molecule has 0 aliphatic carbocycles. The van der Waals surface area contributed by atoms with Crippen LogP contribution < -0.4 is 5.73 Å². The van der Waals surface area contributed by atoms with Gasteiger partial charge in [0.05, 0.1) is 0 Å². The van der Waals surface area contributed by atoms with Crippen LogP contribution in [-0.2, 0) is 0 Å². The molecule has 2 aromatic carbocycles. The van der Waals surface area contributed by atoms with E-state index in [9.17, 15) is 0 Å². The Morgan fingerprint density at radius 3 is 2.45 bits per heavy atom. The SMILES string of the molecule is Cc1ccc(-c2nc(-c3ccc(Cl)cc3)no2)cc1N. The highest BCUT2D eigenvalue weighted by atomic mass is 35.5. The Balaban J connectivity index is 1.97. The summed E-state index contributed by atoms with van der Waals surface area (Å²) in [7, 11) is 0. The van der Waals surface area contributed by atoms with E-state index < -0.39 is 0 Å². The molecule has 1 heterocycles. The number of halogens is 1. The molecular formula is C15H12ClN3O. The molecule has 0 saturated carbocycles. The maximum absolute atomic E-state index is 5.89. The molecule has 0 spiro atoms. The van der Waals surface area contributed by atoms with Crippen LogP contribution >= 0.6 is 11.6 Å². The summed E-state index contributed by atoms with van der Waals surface area (Å²) in [5.74, 6) is 0.970. The molecule has 100 valence electrons. The number of nitrogens with zero attached hydrogens (tertiary/aromatic N) is 2. The van der Waals surface area contributed by atoms with Gasteiger partial charge in [0.15, 0.2) is 0 Å². The van der Waals surface area contributed by atoms with Gasteiger partial charge >= 0.3 is 0 Å². The van der Waals surface area contributed by atoms with Gasteiger partial charge in [0.25, 0.3) is 5.89 Å². The Kier molecular flexibility index (Phi) is 3.16. The van der Waals surface area contributed by atoms with Crippen LogP contribution in [0.15, 0.2) is 47.0 Å². The summed E-state index contributed by atoms with van der Waals surface area (Å²) in [6, 6.07) is 12.9. The van der Waals surface area contributed by atoms with Crippen LogP contribution in [0.2, 0.25) is 5.02 Å². The van der Waals surface area contributed by atoms with Gasteiger partial charge < -0.3 is 10.3 Å². The first-order valence-corrected chi connectivity index (χ1v) is 6.47. The first kappa shape index (κ1) is 12.7. The summed E-state index contributed by atoms with van der Waals surface area (Å²) in [4.78, 5) is 4.37. The number of anilines is 1. The van der Waals surface area contributed by atoms with E-state index in [2.05, 4.69) is 10.1 Å².